The first-order valence-electron chi connectivity index (χ1n) is 11.8. The lowest BCUT2D eigenvalue weighted by atomic mass is 10.1. The van der Waals surface area contributed by atoms with E-state index in [1.54, 1.807) is 24.4 Å². The molecular formula is C26H20ClF3N4O5S. The van der Waals surface area contributed by atoms with Crippen molar-refractivity contribution in [1.29, 1.82) is 0 Å². The molecule has 0 fully saturated rings. The molecule has 0 unspecified atom stereocenters. The smallest absolute Gasteiger partial charge is 0.280 e. The van der Waals surface area contributed by atoms with Crippen molar-refractivity contribution in [2.45, 2.75) is 29.8 Å². The zero-order valence-corrected chi connectivity index (χ0v) is 22.3. The van der Waals surface area contributed by atoms with Gasteiger partial charge in [-0.3, -0.25) is 9.78 Å². The molecule has 9 nitrogen and oxygen atoms in total. The number of halogens is 4. The SMILES string of the molecule is COc1nc(C(F)F)ccc1-c1ccc2cnc(CNC(=O)c3cc(Cl)c4c(c3)S(=O)(=O)[C@@H](F)CCO4)cc2n1. The fourth-order valence-electron chi connectivity index (χ4n) is 4.10. The first-order chi connectivity index (χ1) is 19.1. The molecule has 1 atom stereocenters. The van der Waals surface area contributed by atoms with Crippen LogP contribution in [-0.2, 0) is 16.4 Å². The highest BCUT2D eigenvalue weighted by atomic mass is 35.5. The quantitative estimate of drug-likeness (QED) is 0.329. The molecule has 0 bridgehead atoms. The summed E-state index contributed by atoms with van der Waals surface area (Å²) in [7, 11) is -3.07. The number of aromatic nitrogens is 3. The average molecular weight is 593 g/mol. The number of fused-ring (bicyclic) bond motifs is 2. The van der Waals surface area contributed by atoms with E-state index >= 15 is 0 Å². The third-order valence-corrected chi connectivity index (χ3v) is 8.25. The van der Waals surface area contributed by atoms with Crippen molar-refractivity contribution in [1.82, 2.24) is 20.3 Å². The van der Waals surface area contributed by atoms with Crippen molar-refractivity contribution < 1.29 is 35.9 Å². The van der Waals surface area contributed by atoms with Gasteiger partial charge >= 0.3 is 0 Å². The average Bonchev–Trinajstić information content (AvgIpc) is 3.06. The summed E-state index contributed by atoms with van der Waals surface area (Å²) in [6.45, 7) is -0.231. The van der Waals surface area contributed by atoms with Gasteiger partial charge in [-0.2, -0.15) is 0 Å². The van der Waals surface area contributed by atoms with Gasteiger partial charge in [0.2, 0.25) is 21.2 Å². The predicted molar refractivity (Wildman–Crippen MR) is 139 cm³/mol. The molecule has 14 heteroatoms. The Bertz CT molecular complexity index is 1740. The van der Waals surface area contributed by atoms with Crippen LogP contribution >= 0.6 is 11.6 Å². The summed E-state index contributed by atoms with van der Waals surface area (Å²) >= 11 is 6.17. The highest BCUT2D eigenvalue weighted by molar-refractivity contribution is 7.92. The molecule has 5 rings (SSSR count). The molecule has 1 N–H and O–H groups in total. The Hall–Kier alpha value is -3.97. The van der Waals surface area contributed by atoms with E-state index < -0.39 is 38.3 Å². The third kappa shape index (κ3) is 5.26. The van der Waals surface area contributed by atoms with Crippen LogP contribution in [0.3, 0.4) is 0 Å². The monoisotopic (exact) mass is 592 g/mol. The highest BCUT2D eigenvalue weighted by Crippen LogP contribution is 2.38. The largest absolute Gasteiger partial charge is 0.490 e. The zero-order chi connectivity index (χ0) is 28.6. The van der Waals surface area contributed by atoms with Crippen LogP contribution in [0.2, 0.25) is 5.02 Å². The van der Waals surface area contributed by atoms with Gasteiger partial charge in [-0.25, -0.2) is 31.6 Å². The van der Waals surface area contributed by atoms with Crippen LogP contribution in [-0.4, -0.2) is 48.5 Å². The van der Waals surface area contributed by atoms with E-state index in [4.69, 9.17) is 21.1 Å². The minimum absolute atomic E-state index is 0.00268. The molecule has 208 valence electrons. The van der Waals surface area contributed by atoms with Gasteiger partial charge in [0, 0.05) is 23.6 Å². The second kappa shape index (κ2) is 10.9. The summed E-state index contributed by atoms with van der Waals surface area (Å²) in [4.78, 5) is 25.1. The Morgan fingerprint density at radius 3 is 2.75 bits per heavy atom. The summed E-state index contributed by atoms with van der Waals surface area (Å²) in [5.74, 6) is -0.859. The maximum absolute atomic E-state index is 14.2. The van der Waals surface area contributed by atoms with Crippen LogP contribution < -0.4 is 14.8 Å². The molecule has 3 aromatic heterocycles. The number of hydrogen-bond donors (Lipinski definition) is 1. The van der Waals surface area contributed by atoms with E-state index in [0.717, 1.165) is 6.07 Å². The Kier molecular flexibility index (Phi) is 7.51. The number of ether oxygens (including phenoxy) is 2. The molecule has 1 aliphatic heterocycles. The first-order valence-corrected chi connectivity index (χ1v) is 13.7. The Morgan fingerprint density at radius 1 is 1.20 bits per heavy atom. The summed E-state index contributed by atoms with van der Waals surface area (Å²) < 4.78 is 75.9. The summed E-state index contributed by atoms with van der Waals surface area (Å²) in [5.41, 5.74) is -0.943. The fraction of sp³-hybridized carbons (Fsp3) is 0.231. The van der Waals surface area contributed by atoms with E-state index in [0.29, 0.717) is 27.9 Å². The topological polar surface area (TPSA) is 120 Å². The zero-order valence-electron chi connectivity index (χ0n) is 20.7. The van der Waals surface area contributed by atoms with Crippen molar-refractivity contribution >= 4 is 38.2 Å². The van der Waals surface area contributed by atoms with Crippen molar-refractivity contribution in [3.05, 3.63) is 70.6 Å². The van der Waals surface area contributed by atoms with Crippen molar-refractivity contribution in [2.24, 2.45) is 0 Å². The van der Waals surface area contributed by atoms with E-state index in [2.05, 4.69) is 20.3 Å². The van der Waals surface area contributed by atoms with Crippen molar-refractivity contribution in [3.63, 3.8) is 0 Å². The Morgan fingerprint density at radius 2 is 2.00 bits per heavy atom. The number of sulfone groups is 1. The molecule has 40 heavy (non-hydrogen) atoms. The molecule has 0 saturated carbocycles. The number of hydrogen-bond acceptors (Lipinski definition) is 8. The van der Waals surface area contributed by atoms with E-state index in [1.165, 1.54) is 25.3 Å². The van der Waals surface area contributed by atoms with Gasteiger partial charge in [-0.15, -0.1) is 0 Å². The third-order valence-electron chi connectivity index (χ3n) is 6.14. The maximum Gasteiger partial charge on any atom is 0.280 e. The molecule has 1 amide bonds. The number of alkyl halides is 3. The van der Waals surface area contributed by atoms with Crippen LogP contribution in [0.25, 0.3) is 22.2 Å². The lowest BCUT2D eigenvalue weighted by Crippen LogP contribution is -2.24. The number of nitrogens with zero attached hydrogens (tertiary/aromatic N) is 3. The van der Waals surface area contributed by atoms with E-state index in [-0.39, 0.29) is 41.8 Å². The van der Waals surface area contributed by atoms with Crippen LogP contribution in [0, 0.1) is 0 Å². The highest BCUT2D eigenvalue weighted by Gasteiger charge is 2.35. The molecular weight excluding hydrogens is 573 g/mol. The Balaban J connectivity index is 1.39. The lowest BCUT2D eigenvalue weighted by molar-refractivity contribution is 0.0950. The molecule has 4 heterocycles. The minimum atomic E-state index is -4.39. The summed E-state index contributed by atoms with van der Waals surface area (Å²) in [5, 5.41) is 3.18. The number of rotatable bonds is 6. The van der Waals surface area contributed by atoms with Crippen LogP contribution in [0.5, 0.6) is 11.6 Å². The number of benzene rings is 1. The second-order valence-electron chi connectivity index (χ2n) is 8.72. The summed E-state index contributed by atoms with van der Waals surface area (Å²) in [6, 6.07) is 9.97. The van der Waals surface area contributed by atoms with Crippen molar-refractivity contribution in [2.75, 3.05) is 13.7 Å². The number of pyridine rings is 3. The van der Waals surface area contributed by atoms with Crippen LogP contribution in [0.15, 0.2) is 53.6 Å². The Labute approximate surface area is 231 Å². The number of nitrogens with one attached hydrogen (secondary N) is 1. The number of carbonyl (C=O) groups is 1. The van der Waals surface area contributed by atoms with Crippen molar-refractivity contribution in [3.8, 4) is 22.9 Å². The standard InChI is InChI=1S/C26H20ClF3N4O5S/c1-38-26-16(3-5-19(34-26)24(29)30)18-4-2-13-11-31-15(10-20(13)33-18)12-32-25(35)14-8-17(27)23-21(9-14)40(36,37)22(28)6-7-39-23/h2-5,8-11,22,24H,6-7,12H2,1H3,(H,32,35)/t22-/m1/s1. The van der Waals surface area contributed by atoms with Gasteiger partial charge in [0.15, 0.2) is 5.75 Å². The number of amides is 1. The molecule has 0 saturated heterocycles. The number of carbonyl (C=O) groups excluding carboxylic acids is 1. The van der Waals surface area contributed by atoms with Gasteiger partial charge in [-0.1, -0.05) is 11.6 Å². The molecule has 1 aliphatic rings. The predicted octanol–water partition coefficient (Wildman–Crippen LogP) is 5.07. The molecule has 4 aromatic rings. The molecule has 0 spiro atoms. The number of methoxy groups -OCH3 is 1. The minimum Gasteiger partial charge on any atom is -0.490 e. The molecule has 1 aromatic carbocycles. The second-order valence-corrected chi connectivity index (χ2v) is 11.2. The lowest BCUT2D eigenvalue weighted by Gasteiger charge is -2.12. The maximum atomic E-state index is 14.2. The van der Waals surface area contributed by atoms with E-state index in [1.807, 2.05) is 0 Å². The van der Waals surface area contributed by atoms with E-state index in [9.17, 15) is 26.4 Å². The van der Waals surface area contributed by atoms with Gasteiger partial charge in [0.1, 0.15) is 10.6 Å². The fourth-order valence-corrected chi connectivity index (χ4v) is 5.83. The van der Waals surface area contributed by atoms with Gasteiger partial charge < -0.3 is 14.8 Å². The normalized spacial score (nSPS) is 16.2. The molecule has 0 aliphatic carbocycles. The van der Waals surface area contributed by atoms with Crippen LogP contribution in [0.1, 0.15) is 34.6 Å². The van der Waals surface area contributed by atoms with Gasteiger partial charge in [0.05, 0.1) is 47.8 Å². The van der Waals surface area contributed by atoms with Gasteiger partial charge in [-0.05, 0) is 42.5 Å². The first kappa shape index (κ1) is 27.6. The summed E-state index contributed by atoms with van der Waals surface area (Å²) in [6.07, 6.45) is -1.56. The van der Waals surface area contributed by atoms with Crippen LogP contribution in [0.4, 0.5) is 13.2 Å². The molecule has 0 radical (unpaired) electrons. The van der Waals surface area contributed by atoms with Gasteiger partial charge in [0.25, 0.3) is 12.3 Å².